The van der Waals surface area contributed by atoms with Crippen LogP contribution in [0.15, 0.2) is 0 Å². The molecule has 0 aromatic rings. The fourth-order valence-corrected chi connectivity index (χ4v) is 1.80. The summed E-state index contributed by atoms with van der Waals surface area (Å²) in [5, 5.41) is 0. The van der Waals surface area contributed by atoms with Gasteiger partial charge in [0.1, 0.15) is 0 Å². The Balaban J connectivity index is 2.35. The molecular weight excluding hydrogens is 180 g/mol. The molecule has 0 aliphatic carbocycles. The molecule has 0 saturated carbocycles. The molecule has 4 heteroatoms. The van der Waals surface area contributed by atoms with Crippen LogP contribution < -0.4 is 5.73 Å². The molecule has 14 heavy (non-hydrogen) atoms. The maximum Gasteiger partial charge on any atom is 0.0663 e. The summed E-state index contributed by atoms with van der Waals surface area (Å²) in [4.78, 5) is 2.27. The van der Waals surface area contributed by atoms with Crippen molar-refractivity contribution in [3.05, 3.63) is 0 Å². The van der Waals surface area contributed by atoms with Crippen LogP contribution in [-0.4, -0.2) is 57.0 Å². The zero-order chi connectivity index (χ0) is 10.4. The molecule has 1 heterocycles. The lowest BCUT2D eigenvalue weighted by molar-refractivity contribution is 0.0568. The molecule has 1 atom stereocenters. The first-order valence-corrected chi connectivity index (χ1v) is 5.32. The minimum absolute atomic E-state index is 0.0527. The lowest BCUT2D eigenvalue weighted by Crippen LogP contribution is -2.53. The Morgan fingerprint density at radius 2 is 2.36 bits per heavy atom. The summed E-state index contributed by atoms with van der Waals surface area (Å²) in [5.41, 5.74) is 5.86. The van der Waals surface area contributed by atoms with Crippen LogP contribution in [0, 0.1) is 0 Å². The summed E-state index contributed by atoms with van der Waals surface area (Å²) in [6, 6.07) is 0. The molecule has 0 aromatic carbocycles. The molecule has 1 aliphatic heterocycles. The average molecular weight is 202 g/mol. The van der Waals surface area contributed by atoms with E-state index in [9.17, 15) is 0 Å². The van der Waals surface area contributed by atoms with Crippen molar-refractivity contribution in [1.82, 2.24) is 4.90 Å². The Hall–Kier alpha value is -0.160. The molecule has 84 valence electrons. The van der Waals surface area contributed by atoms with Gasteiger partial charge in [0.15, 0.2) is 0 Å². The van der Waals surface area contributed by atoms with Crippen LogP contribution in [0.5, 0.6) is 0 Å². The first-order chi connectivity index (χ1) is 6.75. The van der Waals surface area contributed by atoms with Gasteiger partial charge in [-0.05, 0) is 20.4 Å². The lowest BCUT2D eigenvalue weighted by Gasteiger charge is -2.36. The Kier molecular flexibility index (Phi) is 4.81. The predicted octanol–water partition coefficient (Wildman–Crippen LogP) is 0.0725. The van der Waals surface area contributed by atoms with Gasteiger partial charge in [0.05, 0.1) is 18.8 Å². The quantitative estimate of drug-likeness (QED) is 0.619. The zero-order valence-corrected chi connectivity index (χ0v) is 9.29. The third-order valence-electron chi connectivity index (χ3n) is 3.05. The summed E-state index contributed by atoms with van der Waals surface area (Å²) in [6.45, 7) is 6.73. The van der Waals surface area contributed by atoms with E-state index < -0.39 is 0 Å². The van der Waals surface area contributed by atoms with Gasteiger partial charge in [-0.1, -0.05) is 0 Å². The van der Waals surface area contributed by atoms with Gasteiger partial charge >= 0.3 is 0 Å². The molecule has 0 amide bonds. The van der Waals surface area contributed by atoms with Crippen molar-refractivity contribution in [2.24, 2.45) is 5.73 Å². The topological polar surface area (TPSA) is 47.7 Å². The summed E-state index contributed by atoms with van der Waals surface area (Å²) in [5.74, 6) is 0. The molecule has 1 rings (SSSR count). The van der Waals surface area contributed by atoms with E-state index >= 15 is 0 Å². The number of rotatable bonds is 6. The molecule has 1 fully saturated rings. The van der Waals surface area contributed by atoms with E-state index in [0.29, 0.717) is 6.54 Å². The maximum atomic E-state index is 5.81. The first kappa shape index (κ1) is 11.9. The number of ether oxygens (including phenoxy) is 2. The van der Waals surface area contributed by atoms with Gasteiger partial charge < -0.3 is 15.2 Å². The number of likely N-dealkylation sites (N-methyl/N-ethyl adjacent to an activating group) is 1. The zero-order valence-electron chi connectivity index (χ0n) is 9.29. The normalized spacial score (nSPS) is 27.4. The highest BCUT2D eigenvalue weighted by Crippen LogP contribution is 2.23. The van der Waals surface area contributed by atoms with Gasteiger partial charge in [-0.3, -0.25) is 4.90 Å². The third-order valence-corrected chi connectivity index (χ3v) is 3.05. The van der Waals surface area contributed by atoms with E-state index in [1.54, 1.807) is 0 Å². The van der Waals surface area contributed by atoms with E-state index in [2.05, 4.69) is 11.9 Å². The standard InChI is InChI=1S/C10H22N2O2/c1-3-13-7-5-12(2)10(8-11)4-6-14-9-10/h3-9,11H2,1-2H3. The van der Waals surface area contributed by atoms with Crippen LogP contribution in [0.2, 0.25) is 0 Å². The fraction of sp³-hybridized carbons (Fsp3) is 1.00. The Labute approximate surface area is 86.3 Å². The average Bonchev–Trinajstić information content (AvgIpc) is 2.67. The number of nitrogens with two attached hydrogens (primary N) is 1. The van der Waals surface area contributed by atoms with Crippen molar-refractivity contribution in [1.29, 1.82) is 0 Å². The van der Waals surface area contributed by atoms with Crippen LogP contribution in [0.3, 0.4) is 0 Å². The summed E-state index contributed by atoms with van der Waals surface area (Å²) < 4.78 is 10.7. The SMILES string of the molecule is CCOCCN(C)C1(CN)CCOC1. The second kappa shape index (κ2) is 5.66. The summed E-state index contributed by atoms with van der Waals surface area (Å²) in [6.07, 6.45) is 1.03. The molecule has 4 nitrogen and oxygen atoms in total. The number of hydrogen-bond acceptors (Lipinski definition) is 4. The first-order valence-electron chi connectivity index (χ1n) is 5.32. The predicted molar refractivity (Wildman–Crippen MR) is 56.3 cm³/mol. The molecule has 1 saturated heterocycles. The third kappa shape index (κ3) is 2.67. The highest BCUT2D eigenvalue weighted by molar-refractivity contribution is 4.93. The highest BCUT2D eigenvalue weighted by atomic mass is 16.5. The van der Waals surface area contributed by atoms with E-state index in [1.165, 1.54) is 0 Å². The Bertz CT molecular complexity index is 158. The smallest absolute Gasteiger partial charge is 0.0663 e. The van der Waals surface area contributed by atoms with E-state index in [-0.39, 0.29) is 5.54 Å². The van der Waals surface area contributed by atoms with Gasteiger partial charge in [-0.2, -0.15) is 0 Å². The van der Waals surface area contributed by atoms with Crippen LogP contribution in [0.1, 0.15) is 13.3 Å². The van der Waals surface area contributed by atoms with Crippen LogP contribution >= 0.6 is 0 Å². The van der Waals surface area contributed by atoms with E-state index in [1.807, 2.05) is 6.92 Å². The Morgan fingerprint density at radius 1 is 1.57 bits per heavy atom. The second-order valence-corrected chi connectivity index (χ2v) is 3.85. The molecule has 0 spiro atoms. The van der Waals surface area contributed by atoms with Crippen molar-refractivity contribution in [3.63, 3.8) is 0 Å². The van der Waals surface area contributed by atoms with Gasteiger partial charge in [0.25, 0.3) is 0 Å². The summed E-state index contributed by atoms with van der Waals surface area (Å²) >= 11 is 0. The molecule has 0 radical (unpaired) electrons. The molecule has 1 unspecified atom stereocenters. The lowest BCUT2D eigenvalue weighted by atomic mass is 9.97. The molecule has 0 bridgehead atoms. The van der Waals surface area contributed by atoms with Crippen LogP contribution in [0.25, 0.3) is 0 Å². The molecule has 2 N–H and O–H groups in total. The minimum Gasteiger partial charge on any atom is -0.380 e. The van der Waals surface area contributed by atoms with Crippen molar-refractivity contribution in [2.75, 3.05) is 46.6 Å². The van der Waals surface area contributed by atoms with Crippen molar-refractivity contribution < 1.29 is 9.47 Å². The van der Waals surface area contributed by atoms with Gasteiger partial charge in [0, 0.05) is 26.3 Å². The summed E-state index contributed by atoms with van der Waals surface area (Å²) in [7, 11) is 2.10. The maximum absolute atomic E-state index is 5.81. The van der Waals surface area contributed by atoms with Crippen LogP contribution in [0.4, 0.5) is 0 Å². The Morgan fingerprint density at radius 3 is 2.86 bits per heavy atom. The second-order valence-electron chi connectivity index (χ2n) is 3.85. The number of hydrogen-bond donors (Lipinski definition) is 1. The van der Waals surface area contributed by atoms with Crippen molar-refractivity contribution in [3.8, 4) is 0 Å². The van der Waals surface area contributed by atoms with E-state index in [4.69, 9.17) is 15.2 Å². The largest absolute Gasteiger partial charge is 0.380 e. The van der Waals surface area contributed by atoms with Gasteiger partial charge in [-0.15, -0.1) is 0 Å². The number of nitrogens with zero attached hydrogens (tertiary/aromatic N) is 1. The monoisotopic (exact) mass is 202 g/mol. The van der Waals surface area contributed by atoms with Crippen molar-refractivity contribution >= 4 is 0 Å². The van der Waals surface area contributed by atoms with E-state index in [0.717, 1.165) is 39.4 Å². The molecule has 0 aromatic heterocycles. The van der Waals surface area contributed by atoms with Crippen molar-refractivity contribution in [2.45, 2.75) is 18.9 Å². The molecular formula is C10H22N2O2. The molecule has 1 aliphatic rings. The minimum atomic E-state index is 0.0527. The fourth-order valence-electron chi connectivity index (χ4n) is 1.80. The van der Waals surface area contributed by atoms with Gasteiger partial charge in [0.2, 0.25) is 0 Å². The van der Waals surface area contributed by atoms with Crippen LogP contribution in [-0.2, 0) is 9.47 Å². The van der Waals surface area contributed by atoms with Gasteiger partial charge in [-0.25, -0.2) is 0 Å². The highest BCUT2D eigenvalue weighted by Gasteiger charge is 2.37.